The van der Waals surface area contributed by atoms with Crippen molar-refractivity contribution in [2.75, 3.05) is 18.0 Å². The molecule has 0 amide bonds. The molecule has 2 aliphatic rings. The zero-order valence-corrected chi connectivity index (χ0v) is 15.0. The SMILES string of the molecule is Cc1ccc(-n2nnnc2N2CCC(OC3CCCCC3)CC2)cc1. The van der Waals surface area contributed by atoms with E-state index in [2.05, 4.69) is 51.6 Å². The van der Waals surface area contributed by atoms with Crippen LogP contribution in [0.3, 0.4) is 0 Å². The van der Waals surface area contributed by atoms with Gasteiger partial charge in [0.1, 0.15) is 0 Å². The van der Waals surface area contributed by atoms with E-state index in [0.29, 0.717) is 12.2 Å². The molecule has 0 radical (unpaired) electrons. The number of aryl methyl sites for hydroxylation is 1. The van der Waals surface area contributed by atoms with Gasteiger partial charge in [-0.3, -0.25) is 0 Å². The number of aromatic nitrogens is 4. The van der Waals surface area contributed by atoms with Crippen LogP contribution in [0, 0.1) is 6.92 Å². The molecule has 1 aliphatic heterocycles. The highest BCUT2D eigenvalue weighted by molar-refractivity contribution is 5.41. The Bertz CT molecular complexity index is 669. The minimum Gasteiger partial charge on any atom is -0.375 e. The topological polar surface area (TPSA) is 56.1 Å². The van der Waals surface area contributed by atoms with Gasteiger partial charge in [-0.2, -0.15) is 4.68 Å². The summed E-state index contributed by atoms with van der Waals surface area (Å²) in [7, 11) is 0. The number of tetrazole rings is 1. The van der Waals surface area contributed by atoms with Gasteiger partial charge >= 0.3 is 0 Å². The third kappa shape index (κ3) is 3.84. The first-order chi connectivity index (χ1) is 12.3. The second-order valence-electron chi connectivity index (χ2n) is 7.31. The molecule has 0 spiro atoms. The van der Waals surface area contributed by atoms with Crippen molar-refractivity contribution < 1.29 is 4.74 Å². The van der Waals surface area contributed by atoms with E-state index in [0.717, 1.165) is 37.6 Å². The molecule has 0 N–H and O–H groups in total. The fraction of sp³-hybridized carbons (Fsp3) is 0.632. The van der Waals surface area contributed by atoms with E-state index in [9.17, 15) is 0 Å². The first-order valence-corrected chi connectivity index (χ1v) is 9.55. The molecule has 1 saturated carbocycles. The van der Waals surface area contributed by atoms with Crippen LogP contribution in [0.15, 0.2) is 24.3 Å². The van der Waals surface area contributed by atoms with Gasteiger partial charge in [0.2, 0.25) is 5.95 Å². The fourth-order valence-electron chi connectivity index (χ4n) is 3.90. The molecule has 6 nitrogen and oxygen atoms in total. The summed E-state index contributed by atoms with van der Waals surface area (Å²) in [5, 5.41) is 12.4. The summed E-state index contributed by atoms with van der Waals surface area (Å²) >= 11 is 0. The van der Waals surface area contributed by atoms with Crippen LogP contribution < -0.4 is 4.90 Å². The van der Waals surface area contributed by atoms with Crippen molar-refractivity contribution >= 4 is 5.95 Å². The standard InChI is InChI=1S/C19H27N5O/c1-15-7-9-16(10-8-15)24-19(20-21-22-24)23-13-11-18(12-14-23)25-17-5-3-2-4-6-17/h7-10,17-18H,2-6,11-14H2,1H3. The van der Waals surface area contributed by atoms with Crippen LogP contribution >= 0.6 is 0 Å². The summed E-state index contributed by atoms with van der Waals surface area (Å²) in [6.45, 7) is 3.98. The predicted octanol–water partition coefficient (Wildman–Crippen LogP) is 3.29. The average Bonchev–Trinajstić information content (AvgIpc) is 3.14. The molecule has 0 atom stereocenters. The van der Waals surface area contributed by atoms with Crippen molar-refractivity contribution in [3.63, 3.8) is 0 Å². The van der Waals surface area contributed by atoms with Gasteiger partial charge in [-0.1, -0.05) is 42.1 Å². The first kappa shape index (κ1) is 16.5. The van der Waals surface area contributed by atoms with Gasteiger partial charge in [-0.05, 0) is 55.2 Å². The van der Waals surface area contributed by atoms with Crippen LogP contribution in [0.2, 0.25) is 0 Å². The lowest BCUT2D eigenvalue weighted by molar-refractivity contribution is -0.0396. The molecule has 1 aromatic heterocycles. The van der Waals surface area contributed by atoms with Crippen molar-refractivity contribution in [2.24, 2.45) is 0 Å². The first-order valence-electron chi connectivity index (χ1n) is 9.55. The molecule has 1 aliphatic carbocycles. The Morgan fingerprint density at radius 2 is 1.60 bits per heavy atom. The largest absolute Gasteiger partial charge is 0.375 e. The van der Waals surface area contributed by atoms with E-state index in [1.54, 1.807) is 0 Å². The van der Waals surface area contributed by atoms with Crippen LogP contribution in [0.25, 0.3) is 5.69 Å². The smallest absolute Gasteiger partial charge is 0.250 e. The highest BCUT2D eigenvalue weighted by atomic mass is 16.5. The summed E-state index contributed by atoms with van der Waals surface area (Å²) in [4.78, 5) is 2.28. The lowest BCUT2D eigenvalue weighted by atomic mass is 9.97. The van der Waals surface area contributed by atoms with Crippen LogP contribution in [0.1, 0.15) is 50.5 Å². The lowest BCUT2D eigenvalue weighted by Gasteiger charge is -2.35. The summed E-state index contributed by atoms with van der Waals surface area (Å²) in [6, 6.07) is 8.30. The zero-order valence-electron chi connectivity index (χ0n) is 15.0. The Hall–Kier alpha value is -1.95. The Morgan fingerprint density at radius 3 is 2.32 bits per heavy atom. The molecule has 2 aromatic rings. The van der Waals surface area contributed by atoms with Crippen LogP contribution in [-0.4, -0.2) is 45.5 Å². The molecular weight excluding hydrogens is 314 g/mol. The minimum atomic E-state index is 0.392. The Labute approximate surface area is 149 Å². The maximum Gasteiger partial charge on any atom is 0.250 e. The number of hydrogen-bond acceptors (Lipinski definition) is 5. The second-order valence-corrected chi connectivity index (χ2v) is 7.31. The van der Waals surface area contributed by atoms with E-state index in [1.165, 1.54) is 37.7 Å². The van der Waals surface area contributed by atoms with Gasteiger partial charge < -0.3 is 9.64 Å². The van der Waals surface area contributed by atoms with Gasteiger partial charge in [0.25, 0.3) is 0 Å². The van der Waals surface area contributed by atoms with Crippen molar-refractivity contribution in [2.45, 2.75) is 64.1 Å². The van der Waals surface area contributed by atoms with Crippen molar-refractivity contribution in [3.8, 4) is 5.69 Å². The van der Waals surface area contributed by atoms with E-state index in [1.807, 2.05) is 4.68 Å². The van der Waals surface area contributed by atoms with E-state index < -0.39 is 0 Å². The van der Waals surface area contributed by atoms with Gasteiger partial charge in [0.05, 0.1) is 17.9 Å². The summed E-state index contributed by atoms with van der Waals surface area (Å²) in [6.07, 6.45) is 9.50. The summed E-state index contributed by atoms with van der Waals surface area (Å²) in [5.74, 6) is 0.833. The number of anilines is 1. The number of piperidine rings is 1. The quantitative estimate of drug-likeness (QED) is 0.854. The number of nitrogens with zero attached hydrogens (tertiary/aromatic N) is 5. The summed E-state index contributed by atoms with van der Waals surface area (Å²) < 4.78 is 8.18. The molecule has 1 saturated heterocycles. The van der Waals surface area contributed by atoms with Crippen molar-refractivity contribution in [3.05, 3.63) is 29.8 Å². The third-order valence-electron chi connectivity index (χ3n) is 5.39. The maximum atomic E-state index is 6.34. The Kier molecular flexibility index (Phi) is 4.97. The molecule has 2 heterocycles. The van der Waals surface area contributed by atoms with Crippen molar-refractivity contribution in [1.82, 2.24) is 20.2 Å². The third-order valence-corrected chi connectivity index (χ3v) is 5.39. The molecule has 6 heteroatoms. The molecule has 1 aromatic carbocycles. The maximum absolute atomic E-state index is 6.34. The molecule has 4 rings (SSSR count). The van der Waals surface area contributed by atoms with E-state index >= 15 is 0 Å². The minimum absolute atomic E-state index is 0.392. The highest BCUT2D eigenvalue weighted by Crippen LogP contribution is 2.26. The average molecular weight is 341 g/mol. The number of rotatable bonds is 4. The predicted molar refractivity (Wildman–Crippen MR) is 97.1 cm³/mol. The highest BCUT2D eigenvalue weighted by Gasteiger charge is 2.26. The number of ether oxygens (including phenoxy) is 1. The zero-order chi connectivity index (χ0) is 17.1. The van der Waals surface area contributed by atoms with Crippen molar-refractivity contribution in [1.29, 1.82) is 0 Å². The molecule has 0 unspecified atom stereocenters. The van der Waals surface area contributed by atoms with Crippen LogP contribution in [-0.2, 0) is 4.74 Å². The Balaban J connectivity index is 1.38. The number of hydrogen-bond donors (Lipinski definition) is 0. The second kappa shape index (κ2) is 7.52. The fourth-order valence-corrected chi connectivity index (χ4v) is 3.90. The van der Waals surface area contributed by atoms with E-state index in [-0.39, 0.29) is 0 Å². The summed E-state index contributed by atoms with van der Waals surface area (Å²) in [5.41, 5.74) is 2.24. The van der Waals surface area contributed by atoms with E-state index in [4.69, 9.17) is 4.74 Å². The lowest BCUT2D eigenvalue weighted by Crippen LogP contribution is -2.40. The van der Waals surface area contributed by atoms with Gasteiger partial charge in [0.15, 0.2) is 0 Å². The molecule has 0 bridgehead atoms. The number of benzene rings is 1. The molecular formula is C19H27N5O. The molecule has 2 fully saturated rings. The Morgan fingerprint density at radius 1 is 0.920 bits per heavy atom. The van der Waals surface area contributed by atoms with Gasteiger partial charge in [-0.25, -0.2) is 0 Å². The van der Waals surface area contributed by atoms with Gasteiger partial charge in [-0.15, -0.1) is 0 Å². The normalized spacial score (nSPS) is 20.1. The van der Waals surface area contributed by atoms with Crippen LogP contribution in [0.4, 0.5) is 5.95 Å². The molecule has 134 valence electrons. The van der Waals surface area contributed by atoms with Gasteiger partial charge in [0, 0.05) is 13.1 Å². The monoisotopic (exact) mass is 341 g/mol. The van der Waals surface area contributed by atoms with Crippen LogP contribution in [0.5, 0.6) is 0 Å². The molecule has 25 heavy (non-hydrogen) atoms.